The standard InChI is InChI=1S/C52H32N2O/c1-2-9-31(10-3-1)34-19-20-36-28-37(22-21-35(36)27-34)45-30-46(40-16-6-12-32-11-4-5-15-39(32)40)54-52(53-45)38-23-25-47-44(29-38)51-48(55-47)26-24-42-41-17-7-13-33-14-8-18-43(49(33)41)50(42)51/h1-23,25,27-30H,24,26H2. The van der Waals surface area contributed by atoms with Crippen LogP contribution in [0.25, 0.3) is 99.5 Å². The summed E-state index contributed by atoms with van der Waals surface area (Å²) >= 11 is 0. The van der Waals surface area contributed by atoms with Gasteiger partial charge in [-0.2, -0.15) is 0 Å². The van der Waals surface area contributed by atoms with Crippen molar-refractivity contribution in [1.82, 2.24) is 9.97 Å². The number of nitrogens with zero attached hydrogens (tertiary/aromatic N) is 2. The summed E-state index contributed by atoms with van der Waals surface area (Å²) in [5, 5.41) is 8.48. The van der Waals surface area contributed by atoms with Crippen molar-refractivity contribution in [2.75, 3.05) is 0 Å². The fraction of sp³-hybridized carbons (Fsp3) is 0.0385. The third-order valence-electron chi connectivity index (χ3n) is 11.7. The normalized spacial score (nSPS) is 13.2. The number of benzene rings is 8. The Labute approximate surface area is 317 Å². The van der Waals surface area contributed by atoms with E-state index in [0.29, 0.717) is 5.82 Å². The highest BCUT2D eigenvalue weighted by Crippen LogP contribution is 2.52. The Morgan fingerprint density at radius 1 is 0.418 bits per heavy atom. The summed E-state index contributed by atoms with van der Waals surface area (Å²) in [6.45, 7) is 0. The maximum absolute atomic E-state index is 6.62. The van der Waals surface area contributed by atoms with Crippen LogP contribution in [0, 0.1) is 0 Å². The van der Waals surface area contributed by atoms with Crippen LogP contribution >= 0.6 is 0 Å². The van der Waals surface area contributed by atoms with E-state index in [-0.39, 0.29) is 0 Å². The average Bonchev–Trinajstić information content (AvgIpc) is 3.79. The molecule has 2 aliphatic rings. The van der Waals surface area contributed by atoms with Gasteiger partial charge in [0.2, 0.25) is 0 Å². The minimum atomic E-state index is 0.693. The zero-order valence-corrected chi connectivity index (χ0v) is 29.9. The molecule has 8 aromatic carbocycles. The van der Waals surface area contributed by atoms with Gasteiger partial charge in [0.15, 0.2) is 5.82 Å². The average molecular weight is 701 g/mol. The molecule has 0 N–H and O–H groups in total. The highest BCUT2D eigenvalue weighted by atomic mass is 16.3. The maximum Gasteiger partial charge on any atom is 0.160 e. The van der Waals surface area contributed by atoms with Crippen LogP contribution in [0.1, 0.15) is 28.9 Å². The van der Waals surface area contributed by atoms with Gasteiger partial charge in [0.25, 0.3) is 0 Å². The molecule has 0 saturated heterocycles. The Bertz CT molecular complexity index is 3250. The third kappa shape index (κ3) is 4.70. The van der Waals surface area contributed by atoms with E-state index in [2.05, 4.69) is 170 Å². The van der Waals surface area contributed by atoms with Crippen molar-refractivity contribution >= 4 is 54.4 Å². The lowest BCUT2D eigenvalue weighted by atomic mass is 9.86. The fourth-order valence-corrected chi connectivity index (χ4v) is 9.15. The minimum Gasteiger partial charge on any atom is -0.460 e. The summed E-state index contributed by atoms with van der Waals surface area (Å²) in [6.07, 6.45) is 1.86. The number of aryl methyl sites for hydroxylation is 1. The fourth-order valence-electron chi connectivity index (χ4n) is 9.15. The molecule has 0 radical (unpaired) electrons. The summed E-state index contributed by atoms with van der Waals surface area (Å²) in [4.78, 5) is 10.7. The topological polar surface area (TPSA) is 38.9 Å². The van der Waals surface area contributed by atoms with E-state index in [1.165, 1.54) is 71.3 Å². The van der Waals surface area contributed by atoms with Crippen molar-refractivity contribution < 1.29 is 4.42 Å². The molecule has 3 heteroatoms. The first kappa shape index (κ1) is 30.4. The van der Waals surface area contributed by atoms with Crippen LogP contribution < -0.4 is 0 Å². The molecular weight excluding hydrogens is 669 g/mol. The molecule has 3 nitrogen and oxygen atoms in total. The molecule has 0 unspecified atom stereocenters. The Balaban J connectivity index is 1.04. The molecule has 10 aromatic rings. The number of hydrogen-bond donors (Lipinski definition) is 0. The first-order valence-corrected chi connectivity index (χ1v) is 19.0. The molecule has 2 aromatic heterocycles. The monoisotopic (exact) mass is 700 g/mol. The Kier molecular flexibility index (Phi) is 6.46. The predicted molar refractivity (Wildman–Crippen MR) is 227 cm³/mol. The molecule has 55 heavy (non-hydrogen) atoms. The second-order valence-corrected chi connectivity index (χ2v) is 14.8. The zero-order chi connectivity index (χ0) is 36.0. The van der Waals surface area contributed by atoms with Crippen molar-refractivity contribution in [3.05, 3.63) is 192 Å². The second kappa shape index (κ2) is 11.7. The van der Waals surface area contributed by atoms with E-state index in [1.54, 1.807) is 0 Å². The van der Waals surface area contributed by atoms with Crippen molar-refractivity contribution in [3.8, 4) is 45.0 Å². The van der Waals surface area contributed by atoms with Gasteiger partial charge in [0.1, 0.15) is 11.3 Å². The molecule has 0 fully saturated rings. The zero-order valence-electron chi connectivity index (χ0n) is 29.9. The number of fused-ring (bicyclic) bond motifs is 8. The van der Waals surface area contributed by atoms with Crippen molar-refractivity contribution in [3.63, 3.8) is 0 Å². The highest BCUT2D eigenvalue weighted by molar-refractivity contribution is 6.20. The lowest BCUT2D eigenvalue weighted by molar-refractivity contribution is 0.547. The van der Waals surface area contributed by atoms with Gasteiger partial charge >= 0.3 is 0 Å². The van der Waals surface area contributed by atoms with Crippen molar-refractivity contribution in [2.45, 2.75) is 12.8 Å². The van der Waals surface area contributed by atoms with E-state index >= 15 is 0 Å². The van der Waals surface area contributed by atoms with E-state index in [4.69, 9.17) is 14.4 Å². The number of hydrogen-bond acceptors (Lipinski definition) is 3. The van der Waals surface area contributed by atoms with E-state index in [1.807, 2.05) is 0 Å². The molecule has 0 bridgehead atoms. The van der Waals surface area contributed by atoms with Crippen LogP contribution in [0.3, 0.4) is 0 Å². The quantitative estimate of drug-likeness (QED) is 0.183. The molecule has 2 aliphatic carbocycles. The smallest absolute Gasteiger partial charge is 0.160 e. The summed E-state index contributed by atoms with van der Waals surface area (Å²) < 4.78 is 6.62. The molecule has 0 saturated carbocycles. The lowest BCUT2D eigenvalue weighted by Gasteiger charge is -2.16. The van der Waals surface area contributed by atoms with Gasteiger partial charge < -0.3 is 4.42 Å². The van der Waals surface area contributed by atoms with Gasteiger partial charge in [0.05, 0.1) is 11.4 Å². The number of allylic oxidation sites excluding steroid dienone is 1. The molecule has 0 spiro atoms. The van der Waals surface area contributed by atoms with E-state index < -0.39 is 0 Å². The SMILES string of the molecule is c1ccc(-c2ccc3cc(-c4cc(-c5cccc6ccccc56)nc(-c5ccc6oc7c(c6c5)C5=C(CC7)c6cccc7cccc5c67)n4)ccc3c2)cc1. The first-order valence-electron chi connectivity index (χ1n) is 19.0. The lowest BCUT2D eigenvalue weighted by Crippen LogP contribution is -2.00. The molecular formula is C52H32N2O. The van der Waals surface area contributed by atoms with Crippen LogP contribution in [-0.2, 0) is 6.42 Å². The second-order valence-electron chi connectivity index (χ2n) is 14.8. The summed E-state index contributed by atoms with van der Waals surface area (Å²) in [7, 11) is 0. The largest absolute Gasteiger partial charge is 0.460 e. The molecule has 2 heterocycles. The molecule has 0 aliphatic heterocycles. The molecule has 0 amide bonds. The van der Waals surface area contributed by atoms with Crippen LogP contribution in [0.5, 0.6) is 0 Å². The summed E-state index contributed by atoms with van der Waals surface area (Å²) in [5.74, 6) is 1.76. The third-order valence-corrected chi connectivity index (χ3v) is 11.7. The maximum atomic E-state index is 6.62. The first-order chi connectivity index (χ1) is 27.2. The van der Waals surface area contributed by atoms with Crippen LogP contribution in [-0.4, -0.2) is 9.97 Å². The van der Waals surface area contributed by atoms with Gasteiger partial charge in [-0.1, -0.05) is 133 Å². The molecule has 256 valence electrons. The van der Waals surface area contributed by atoms with Crippen LogP contribution in [0.4, 0.5) is 0 Å². The van der Waals surface area contributed by atoms with E-state index in [9.17, 15) is 0 Å². The number of furan rings is 1. The van der Waals surface area contributed by atoms with Crippen LogP contribution in [0.2, 0.25) is 0 Å². The summed E-state index contributed by atoms with van der Waals surface area (Å²) in [5.41, 5.74) is 14.9. The Morgan fingerprint density at radius 2 is 1.11 bits per heavy atom. The van der Waals surface area contributed by atoms with E-state index in [0.717, 1.165) is 57.6 Å². The van der Waals surface area contributed by atoms with Gasteiger partial charge in [-0.15, -0.1) is 0 Å². The Morgan fingerprint density at radius 3 is 1.98 bits per heavy atom. The van der Waals surface area contributed by atoms with Gasteiger partial charge in [0, 0.05) is 34.1 Å². The van der Waals surface area contributed by atoms with Crippen molar-refractivity contribution in [2.24, 2.45) is 0 Å². The number of rotatable bonds is 4. The molecule has 0 atom stereocenters. The van der Waals surface area contributed by atoms with Gasteiger partial charge in [-0.25, -0.2) is 9.97 Å². The predicted octanol–water partition coefficient (Wildman–Crippen LogP) is 13.6. The Hall–Kier alpha value is -7.10. The highest BCUT2D eigenvalue weighted by Gasteiger charge is 2.33. The van der Waals surface area contributed by atoms with Gasteiger partial charge in [-0.05, 0) is 109 Å². The summed E-state index contributed by atoms with van der Waals surface area (Å²) in [6, 6.07) is 60.9. The van der Waals surface area contributed by atoms with Crippen LogP contribution in [0.15, 0.2) is 174 Å². The molecule has 12 rings (SSSR count). The van der Waals surface area contributed by atoms with Gasteiger partial charge in [-0.3, -0.25) is 0 Å². The van der Waals surface area contributed by atoms with Crippen molar-refractivity contribution in [1.29, 1.82) is 0 Å². The minimum absolute atomic E-state index is 0.693. The number of aromatic nitrogens is 2.